The van der Waals surface area contributed by atoms with Crippen LogP contribution in [0.4, 0.5) is 0 Å². The Morgan fingerprint density at radius 3 is 2.71 bits per heavy atom. The van der Waals surface area contributed by atoms with Gasteiger partial charge in [-0.25, -0.2) is 8.42 Å². The third-order valence-corrected chi connectivity index (χ3v) is 6.24. The first kappa shape index (κ1) is 16.9. The second kappa shape index (κ2) is 7.32. The molecule has 0 bridgehead atoms. The Morgan fingerprint density at radius 2 is 1.88 bits per heavy atom. The molecule has 0 amide bonds. The summed E-state index contributed by atoms with van der Waals surface area (Å²) in [5.74, 6) is 0.196. The van der Waals surface area contributed by atoms with Crippen molar-refractivity contribution in [2.45, 2.75) is 36.7 Å². The van der Waals surface area contributed by atoms with Gasteiger partial charge in [-0.05, 0) is 43.5 Å². The summed E-state index contributed by atoms with van der Waals surface area (Å²) in [4.78, 5) is 12.1. The van der Waals surface area contributed by atoms with Gasteiger partial charge in [0, 0.05) is 24.8 Å². The Bertz CT molecular complexity index is 858. The summed E-state index contributed by atoms with van der Waals surface area (Å²) in [6.07, 6.45) is 4.26. The van der Waals surface area contributed by atoms with Crippen molar-refractivity contribution in [3.63, 3.8) is 0 Å². The van der Waals surface area contributed by atoms with Crippen LogP contribution in [0.1, 0.15) is 30.9 Å². The lowest BCUT2D eigenvalue weighted by atomic mass is 10.0. The lowest BCUT2D eigenvalue weighted by Gasteiger charge is -2.26. The maximum absolute atomic E-state index is 12.1. The van der Waals surface area contributed by atoms with Crippen molar-refractivity contribution in [2.24, 2.45) is 0 Å². The molecule has 0 unspecified atom stereocenters. The minimum absolute atomic E-state index is 0.0249. The molecule has 1 atom stereocenters. The zero-order chi connectivity index (χ0) is 17.0. The van der Waals surface area contributed by atoms with Gasteiger partial charge in [-0.2, -0.15) is 0 Å². The van der Waals surface area contributed by atoms with Crippen molar-refractivity contribution < 1.29 is 8.42 Å². The van der Waals surface area contributed by atoms with E-state index in [1.54, 1.807) is 35.0 Å². The predicted molar refractivity (Wildman–Crippen MR) is 93.8 cm³/mol. The zero-order valence-electron chi connectivity index (χ0n) is 13.5. The molecule has 3 rings (SSSR count). The summed E-state index contributed by atoms with van der Waals surface area (Å²) >= 11 is 0. The number of hydrogen-bond acceptors (Lipinski definition) is 4. The molecule has 1 aliphatic rings. The number of pyridine rings is 1. The lowest BCUT2D eigenvalue weighted by molar-refractivity contribution is 0.471. The molecule has 0 fully saturated rings. The quantitative estimate of drug-likeness (QED) is 0.814. The van der Waals surface area contributed by atoms with E-state index in [0.29, 0.717) is 17.9 Å². The van der Waals surface area contributed by atoms with E-state index in [0.717, 1.165) is 24.9 Å². The Kier molecular flexibility index (Phi) is 5.16. The Morgan fingerprint density at radius 1 is 1.08 bits per heavy atom. The molecule has 24 heavy (non-hydrogen) atoms. The van der Waals surface area contributed by atoms with Crippen LogP contribution in [0.5, 0.6) is 0 Å². The molecule has 5 nitrogen and oxygen atoms in total. The Balaban J connectivity index is 1.53. The van der Waals surface area contributed by atoms with Gasteiger partial charge in [-0.15, -0.1) is 0 Å². The SMILES string of the molecule is O=c1ccccn1CCCCN[C@H]1CCS(=O)(=O)c2ccccc21. The van der Waals surface area contributed by atoms with Crippen LogP contribution in [0.3, 0.4) is 0 Å². The fourth-order valence-corrected chi connectivity index (χ4v) is 4.75. The van der Waals surface area contributed by atoms with Crippen LogP contribution in [0, 0.1) is 0 Å². The van der Waals surface area contributed by atoms with Crippen LogP contribution in [-0.2, 0) is 16.4 Å². The second-order valence-electron chi connectivity index (χ2n) is 6.09. The number of hydrogen-bond donors (Lipinski definition) is 1. The van der Waals surface area contributed by atoms with Crippen molar-refractivity contribution in [1.82, 2.24) is 9.88 Å². The maximum Gasteiger partial charge on any atom is 0.250 e. The number of benzene rings is 1. The van der Waals surface area contributed by atoms with E-state index in [-0.39, 0.29) is 17.4 Å². The van der Waals surface area contributed by atoms with E-state index in [2.05, 4.69) is 5.32 Å². The second-order valence-corrected chi connectivity index (χ2v) is 8.17. The first-order chi connectivity index (χ1) is 11.6. The first-order valence-electron chi connectivity index (χ1n) is 8.28. The highest BCUT2D eigenvalue weighted by molar-refractivity contribution is 7.91. The predicted octanol–water partition coefficient (Wildman–Crippen LogP) is 2.14. The summed E-state index contributed by atoms with van der Waals surface area (Å²) in [6.45, 7) is 1.51. The highest BCUT2D eigenvalue weighted by Crippen LogP contribution is 2.31. The van der Waals surface area contributed by atoms with Gasteiger partial charge in [0.15, 0.2) is 9.84 Å². The number of unbranched alkanes of at least 4 members (excludes halogenated alkanes) is 1. The van der Waals surface area contributed by atoms with Crippen molar-refractivity contribution in [3.8, 4) is 0 Å². The largest absolute Gasteiger partial charge is 0.316 e. The van der Waals surface area contributed by atoms with Crippen molar-refractivity contribution in [1.29, 1.82) is 0 Å². The molecular formula is C18H22N2O3S. The van der Waals surface area contributed by atoms with Gasteiger partial charge in [0.1, 0.15) is 0 Å². The van der Waals surface area contributed by atoms with Gasteiger partial charge < -0.3 is 9.88 Å². The molecule has 6 heteroatoms. The van der Waals surface area contributed by atoms with E-state index in [9.17, 15) is 13.2 Å². The number of sulfone groups is 1. The smallest absolute Gasteiger partial charge is 0.250 e. The number of fused-ring (bicyclic) bond motifs is 1. The summed E-state index contributed by atoms with van der Waals surface area (Å²) in [7, 11) is -3.13. The minimum Gasteiger partial charge on any atom is -0.316 e. The van der Waals surface area contributed by atoms with Crippen LogP contribution >= 0.6 is 0 Å². The molecule has 2 aromatic rings. The van der Waals surface area contributed by atoms with E-state index in [1.165, 1.54) is 0 Å². The monoisotopic (exact) mass is 346 g/mol. The molecule has 1 aromatic carbocycles. The highest BCUT2D eigenvalue weighted by atomic mass is 32.2. The standard InChI is InChI=1S/C18H22N2O3S/c21-18-9-3-5-12-20(18)13-6-4-11-19-16-10-14-24(22,23)17-8-2-1-7-15(16)17/h1-3,5,7-9,12,16,19H,4,6,10-11,13-14H2/t16-/m0/s1. The van der Waals surface area contributed by atoms with E-state index >= 15 is 0 Å². The Labute approximate surface area is 142 Å². The molecule has 0 radical (unpaired) electrons. The summed E-state index contributed by atoms with van der Waals surface area (Å²) in [5, 5.41) is 3.46. The molecule has 2 heterocycles. The fraction of sp³-hybridized carbons (Fsp3) is 0.389. The number of aromatic nitrogens is 1. The van der Waals surface area contributed by atoms with E-state index < -0.39 is 9.84 Å². The van der Waals surface area contributed by atoms with Gasteiger partial charge in [0.05, 0.1) is 10.6 Å². The van der Waals surface area contributed by atoms with E-state index in [1.807, 2.05) is 18.2 Å². The van der Waals surface area contributed by atoms with Gasteiger partial charge in [-0.3, -0.25) is 4.79 Å². The maximum atomic E-state index is 12.1. The third-order valence-electron chi connectivity index (χ3n) is 4.42. The first-order valence-corrected chi connectivity index (χ1v) is 9.94. The normalized spacial score (nSPS) is 18.9. The van der Waals surface area contributed by atoms with Gasteiger partial charge in [0.25, 0.3) is 0 Å². The van der Waals surface area contributed by atoms with E-state index in [4.69, 9.17) is 0 Å². The van der Waals surface area contributed by atoms with Crippen LogP contribution in [0.15, 0.2) is 58.4 Å². The molecule has 0 spiro atoms. The van der Waals surface area contributed by atoms with Gasteiger partial charge in [0.2, 0.25) is 5.56 Å². The molecule has 1 aromatic heterocycles. The highest BCUT2D eigenvalue weighted by Gasteiger charge is 2.29. The molecule has 0 saturated heterocycles. The minimum atomic E-state index is -3.13. The summed E-state index contributed by atoms with van der Waals surface area (Å²) in [5.41, 5.74) is 0.903. The average molecular weight is 346 g/mol. The molecule has 128 valence electrons. The Hall–Kier alpha value is -1.92. The van der Waals surface area contributed by atoms with Crippen LogP contribution in [0.25, 0.3) is 0 Å². The molecule has 1 aliphatic heterocycles. The molecular weight excluding hydrogens is 324 g/mol. The number of rotatable bonds is 6. The molecule has 0 saturated carbocycles. The van der Waals surface area contributed by atoms with Crippen molar-refractivity contribution in [3.05, 3.63) is 64.6 Å². The van der Waals surface area contributed by atoms with Crippen molar-refractivity contribution >= 4 is 9.84 Å². The van der Waals surface area contributed by atoms with Crippen LogP contribution in [-0.4, -0.2) is 25.3 Å². The summed E-state index contributed by atoms with van der Waals surface area (Å²) in [6, 6.07) is 12.5. The number of aryl methyl sites for hydroxylation is 1. The topological polar surface area (TPSA) is 68.2 Å². The van der Waals surface area contributed by atoms with Crippen LogP contribution < -0.4 is 10.9 Å². The fourth-order valence-electron chi connectivity index (χ4n) is 3.13. The van der Waals surface area contributed by atoms with Crippen molar-refractivity contribution in [2.75, 3.05) is 12.3 Å². The number of nitrogens with zero attached hydrogens (tertiary/aromatic N) is 1. The average Bonchev–Trinajstić information content (AvgIpc) is 2.58. The van der Waals surface area contributed by atoms with Crippen LogP contribution in [0.2, 0.25) is 0 Å². The van der Waals surface area contributed by atoms with Gasteiger partial charge in [-0.1, -0.05) is 24.3 Å². The van der Waals surface area contributed by atoms with Gasteiger partial charge >= 0.3 is 0 Å². The lowest BCUT2D eigenvalue weighted by Crippen LogP contribution is -2.30. The molecule has 0 aliphatic carbocycles. The number of nitrogens with one attached hydrogen (secondary N) is 1. The third kappa shape index (κ3) is 3.76. The zero-order valence-corrected chi connectivity index (χ0v) is 14.3. The molecule has 1 N–H and O–H groups in total. The summed E-state index contributed by atoms with van der Waals surface area (Å²) < 4.78 is 26.0.